The van der Waals surface area contributed by atoms with Gasteiger partial charge in [-0.2, -0.15) is 0 Å². The second-order valence-corrected chi connectivity index (χ2v) is 3.93. The van der Waals surface area contributed by atoms with Gasteiger partial charge in [0.25, 0.3) is 0 Å². The Balaban J connectivity index is 3.28. The first-order valence-corrected chi connectivity index (χ1v) is 5.07. The predicted octanol–water partition coefficient (Wildman–Crippen LogP) is 3.77. The van der Waals surface area contributed by atoms with Gasteiger partial charge in [0, 0.05) is 11.4 Å². The average molecular weight is 279 g/mol. The van der Waals surface area contributed by atoms with E-state index in [0.717, 1.165) is 0 Å². The van der Waals surface area contributed by atoms with Crippen molar-refractivity contribution in [3.63, 3.8) is 0 Å². The Morgan fingerprint density at radius 2 is 1.19 bits per heavy atom. The molecule has 0 radical (unpaired) electrons. The Hall–Kier alpha value is -0.550. The SMILES string of the molecule is Fc1c(F)c(F)c(CC(Cl)CCl)c(F)c1F. The molecule has 0 aromatic heterocycles. The first-order valence-electron chi connectivity index (χ1n) is 4.10. The summed E-state index contributed by atoms with van der Waals surface area (Å²) in [6.07, 6.45) is -0.531. The zero-order valence-corrected chi connectivity index (χ0v) is 9.15. The van der Waals surface area contributed by atoms with Gasteiger partial charge in [-0.25, -0.2) is 22.0 Å². The third-order valence-electron chi connectivity index (χ3n) is 1.89. The highest BCUT2D eigenvalue weighted by molar-refractivity contribution is 6.28. The minimum atomic E-state index is -2.18. The van der Waals surface area contributed by atoms with Crippen molar-refractivity contribution < 1.29 is 22.0 Å². The fourth-order valence-corrected chi connectivity index (χ4v) is 1.37. The van der Waals surface area contributed by atoms with E-state index in [2.05, 4.69) is 0 Å². The van der Waals surface area contributed by atoms with Crippen LogP contribution < -0.4 is 0 Å². The second kappa shape index (κ2) is 5.19. The van der Waals surface area contributed by atoms with Crippen LogP contribution in [0, 0.1) is 29.1 Å². The smallest absolute Gasteiger partial charge is 0.200 e. The van der Waals surface area contributed by atoms with Crippen molar-refractivity contribution in [2.45, 2.75) is 11.8 Å². The second-order valence-electron chi connectivity index (χ2n) is 3.00. The van der Waals surface area contributed by atoms with Crippen molar-refractivity contribution >= 4 is 23.2 Å². The lowest BCUT2D eigenvalue weighted by Gasteiger charge is -2.10. The largest absolute Gasteiger partial charge is 0.203 e. The van der Waals surface area contributed by atoms with E-state index in [1.54, 1.807) is 0 Å². The maximum Gasteiger partial charge on any atom is 0.200 e. The molecule has 0 aliphatic heterocycles. The van der Waals surface area contributed by atoms with Gasteiger partial charge < -0.3 is 0 Å². The van der Waals surface area contributed by atoms with Crippen LogP contribution in [-0.4, -0.2) is 11.3 Å². The first kappa shape index (κ1) is 13.5. The van der Waals surface area contributed by atoms with Crippen molar-refractivity contribution in [2.24, 2.45) is 0 Å². The monoisotopic (exact) mass is 278 g/mol. The lowest BCUT2D eigenvalue weighted by atomic mass is 10.1. The number of rotatable bonds is 3. The fraction of sp³-hybridized carbons (Fsp3) is 0.333. The van der Waals surface area contributed by atoms with Crippen LogP contribution >= 0.6 is 23.2 Å². The van der Waals surface area contributed by atoms with E-state index in [1.165, 1.54) is 0 Å². The van der Waals surface area contributed by atoms with Crippen LogP contribution in [0.4, 0.5) is 22.0 Å². The molecule has 0 saturated heterocycles. The molecular weight excluding hydrogens is 274 g/mol. The molecule has 0 heterocycles. The van der Waals surface area contributed by atoms with Gasteiger partial charge >= 0.3 is 0 Å². The summed E-state index contributed by atoms with van der Waals surface area (Å²) >= 11 is 10.8. The predicted molar refractivity (Wildman–Crippen MR) is 50.3 cm³/mol. The van der Waals surface area contributed by atoms with E-state index in [9.17, 15) is 22.0 Å². The Morgan fingerprint density at radius 3 is 1.56 bits per heavy atom. The number of alkyl halides is 2. The molecule has 0 N–H and O–H groups in total. The number of hydrogen-bond acceptors (Lipinski definition) is 0. The van der Waals surface area contributed by atoms with Crippen LogP contribution in [0.5, 0.6) is 0 Å². The summed E-state index contributed by atoms with van der Waals surface area (Å²) < 4.78 is 64.2. The highest BCUT2D eigenvalue weighted by Gasteiger charge is 2.26. The van der Waals surface area contributed by atoms with Gasteiger partial charge in [0.1, 0.15) is 0 Å². The maximum absolute atomic E-state index is 13.1. The number of benzene rings is 1. The molecule has 90 valence electrons. The summed E-state index contributed by atoms with van der Waals surface area (Å²) in [6.45, 7) is 0. The Morgan fingerprint density at radius 1 is 0.812 bits per heavy atom. The normalized spacial score (nSPS) is 12.9. The topological polar surface area (TPSA) is 0 Å². The third kappa shape index (κ3) is 2.40. The standard InChI is InChI=1S/C9H5Cl2F5/c10-2-3(11)1-4-5(12)7(14)9(16)8(15)6(4)13/h3H,1-2H2. The molecular formula is C9H5Cl2F5. The average Bonchev–Trinajstić information content (AvgIpc) is 2.29. The van der Waals surface area contributed by atoms with Crippen molar-refractivity contribution in [3.05, 3.63) is 34.6 Å². The molecule has 0 fully saturated rings. The molecule has 0 spiro atoms. The number of halogens is 7. The van der Waals surface area contributed by atoms with Crippen LogP contribution in [0.15, 0.2) is 0 Å². The Labute approximate surface area is 98.0 Å². The molecule has 1 rings (SSSR count). The summed E-state index contributed by atoms with van der Waals surface area (Å²) in [6, 6.07) is 0. The van der Waals surface area contributed by atoms with Crippen LogP contribution in [0.1, 0.15) is 5.56 Å². The summed E-state index contributed by atoms with van der Waals surface area (Å²) in [5.41, 5.74) is -0.947. The van der Waals surface area contributed by atoms with E-state index < -0.39 is 46.4 Å². The maximum atomic E-state index is 13.1. The molecule has 16 heavy (non-hydrogen) atoms. The van der Waals surface area contributed by atoms with Gasteiger partial charge in [-0.15, -0.1) is 23.2 Å². The molecule has 1 unspecified atom stereocenters. The molecule has 0 amide bonds. The van der Waals surface area contributed by atoms with Crippen LogP contribution in [-0.2, 0) is 6.42 Å². The van der Waals surface area contributed by atoms with Crippen molar-refractivity contribution in [1.29, 1.82) is 0 Å². The highest BCUT2D eigenvalue weighted by atomic mass is 35.5. The minimum absolute atomic E-state index is 0.166. The summed E-state index contributed by atoms with van der Waals surface area (Å²) in [5.74, 6) is -10.0. The molecule has 1 aromatic rings. The van der Waals surface area contributed by atoms with E-state index >= 15 is 0 Å². The summed E-state index contributed by atoms with van der Waals surface area (Å²) in [5, 5.41) is -0.907. The molecule has 0 bridgehead atoms. The zero-order valence-electron chi connectivity index (χ0n) is 7.64. The van der Waals surface area contributed by atoms with Gasteiger partial charge in [-0.3, -0.25) is 0 Å². The lowest BCUT2D eigenvalue weighted by Crippen LogP contribution is -2.13. The summed E-state index contributed by atoms with van der Waals surface area (Å²) in [7, 11) is 0. The molecule has 0 saturated carbocycles. The Bertz CT molecular complexity index is 378. The number of hydrogen-bond donors (Lipinski definition) is 0. The van der Waals surface area contributed by atoms with Crippen LogP contribution in [0.25, 0.3) is 0 Å². The van der Waals surface area contributed by atoms with E-state index in [1.807, 2.05) is 0 Å². The van der Waals surface area contributed by atoms with E-state index in [-0.39, 0.29) is 5.88 Å². The third-order valence-corrected chi connectivity index (χ3v) is 2.73. The molecule has 1 atom stereocenters. The fourth-order valence-electron chi connectivity index (χ4n) is 1.11. The van der Waals surface area contributed by atoms with Crippen molar-refractivity contribution in [3.8, 4) is 0 Å². The molecule has 0 aliphatic carbocycles. The highest BCUT2D eigenvalue weighted by Crippen LogP contribution is 2.25. The molecule has 0 aliphatic rings. The van der Waals surface area contributed by atoms with Gasteiger partial charge in [-0.05, 0) is 6.42 Å². The van der Waals surface area contributed by atoms with Gasteiger partial charge in [0.15, 0.2) is 23.3 Å². The van der Waals surface area contributed by atoms with Gasteiger partial charge in [-0.1, -0.05) is 0 Å². The lowest BCUT2D eigenvalue weighted by molar-refractivity contribution is 0.370. The van der Waals surface area contributed by atoms with Crippen molar-refractivity contribution in [2.75, 3.05) is 5.88 Å². The molecule has 0 nitrogen and oxygen atoms in total. The summed E-state index contributed by atoms with van der Waals surface area (Å²) in [4.78, 5) is 0. The van der Waals surface area contributed by atoms with Crippen LogP contribution in [0.2, 0.25) is 0 Å². The van der Waals surface area contributed by atoms with Crippen LogP contribution in [0.3, 0.4) is 0 Å². The van der Waals surface area contributed by atoms with E-state index in [4.69, 9.17) is 23.2 Å². The molecule has 7 heteroatoms. The van der Waals surface area contributed by atoms with Gasteiger partial charge in [0.2, 0.25) is 5.82 Å². The van der Waals surface area contributed by atoms with E-state index in [0.29, 0.717) is 0 Å². The molecule has 1 aromatic carbocycles. The minimum Gasteiger partial charge on any atom is -0.203 e. The quantitative estimate of drug-likeness (QED) is 0.342. The first-order chi connectivity index (χ1) is 7.40. The van der Waals surface area contributed by atoms with Gasteiger partial charge in [0.05, 0.1) is 5.38 Å². The Kier molecular flexibility index (Phi) is 4.38. The zero-order chi connectivity index (χ0) is 12.5. The van der Waals surface area contributed by atoms with Crippen molar-refractivity contribution in [1.82, 2.24) is 0 Å².